The maximum Gasteiger partial charge on any atom is 0.145 e. The number of hydrogen-bond acceptors (Lipinski definition) is 4. The van der Waals surface area contributed by atoms with Gasteiger partial charge in [-0.2, -0.15) is 0 Å². The van der Waals surface area contributed by atoms with E-state index in [2.05, 4.69) is 4.98 Å². The second kappa shape index (κ2) is 5.51. The molecule has 78 valence electrons. The summed E-state index contributed by atoms with van der Waals surface area (Å²) < 4.78 is 22.9. The number of ether oxygens (including phenoxy) is 2. The van der Waals surface area contributed by atoms with E-state index < -0.39 is 5.82 Å². The molecule has 2 N–H and O–H groups in total. The van der Waals surface area contributed by atoms with E-state index in [9.17, 15) is 4.39 Å². The monoisotopic (exact) mass is 200 g/mol. The third kappa shape index (κ3) is 3.27. The minimum absolute atomic E-state index is 0.274. The second-order valence-electron chi connectivity index (χ2n) is 2.77. The van der Waals surface area contributed by atoms with Gasteiger partial charge in [0.15, 0.2) is 0 Å². The third-order valence-electron chi connectivity index (χ3n) is 1.60. The Morgan fingerprint density at radius 2 is 2.36 bits per heavy atom. The van der Waals surface area contributed by atoms with Crippen LogP contribution in [0, 0.1) is 5.82 Å². The standard InChI is InChI=1S/C9H13FN2O2/c1-13-6-9(3-11)14-8-2-7(10)4-12-5-8/h2,4-5,9H,3,6,11H2,1H3/t9-/m0/s1. The van der Waals surface area contributed by atoms with Gasteiger partial charge in [-0.3, -0.25) is 4.98 Å². The summed E-state index contributed by atoms with van der Waals surface area (Å²) in [5.41, 5.74) is 5.43. The zero-order chi connectivity index (χ0) is 10.4. The summed E-state index contributed by atoms with van der Waals surface area (Å²) >= 11 is 0. The van der Waals surface area contributed by atoms with Crippen molar-refractivity contribution >= 4 is 0 Å². The molecule has 14 heavy (non-hydrogen) atoms. The topological polar surface area (TPSA) is 57.4 Å². The lowest BCUT2D eigenvalue weighted by atomic mass is 10.3. The van der Waals surface area contributed by atoms with Crippen molar-refractivity contribution in [2.45, 2.75) is 6.10 Å². The quantitative estimate of drug-likeness (QED) is 0.755. The van der Waals surface area contributed by atoms with Gasteiger partial charge in [0.1, 0.15) is 17.7 Å². The number of nitrogens with zero attached hydrogens (tertiary/aromatic N) is 1. The molecule has 0 fully saturated rings. The summed E-state index contributed by atoms with van der Waals surface area (Å²) in [5, 5.41) is 0. The van der Waals surface area contributed by atoms with E-state index in [0.29, 0.717) is 18.9 Å². The average molecular weight is 200 g/mol. The molecule has 5 heteroatoms. The Labute approximate surface area is 81.8 Å². The summed E-state index contributed by atoms with van der Waals surface area (Å²) in [6, 6.07) is 1.26. The van der Waals surface area contributed by atoms with Gasteiger partial charge in [0.2, 0.25) is 0 Å². The molecule has 0 bridgehead atoms. The fraction of sp³-hybridized carbons (Fsp3) is 0.444. The first-order valence-electron chi connectivity index (χ1n) is 4.22. The molecule has 1 aromatic heterocycles. The van der Waals surface area contributed by atoms with Crippen molar-refractivity contribution in [2.75, 3.05) is 20.3 Å². The number of hydrogen-bond donors (Lipinski definition) is 1. The van der Waals surface area contributed by atoms with Crippen molar-refractivity contribution in [1.82, 2.24) is 4.98 Å². The molecule has 0 saturated carbocycles. The highest BCUT2D eigenvalue weighted by Gasteiger charge is 2.08. The van der Waals surface area contributed by atoms with Crippen LogP contribution in [0.1, 0.15) is 0 Å². The molecular formula is C9H13FN2O2. The molecule has 1 heterocycles. The van der Waals surface area contributed by atoms with Crippen molar-refractivity contribution in [2.24, 2.45) is 5.73 Å². The summed E-state index contributed by atoms with van der Waals surface area (Å²) in [5.74, 6) is -0.0758. The highest BCUT2D eigenvalue weighted by molar-refractivity contribution is 5.17. The summed E-state index contributed by atoms with van der Waals surface area (Å²) in [6.45, 7) is 0.678. The maximum absolute atomic E-state index is 12.7. The zero-order valence-corrected chi connectivity index (χ0v) is 7.94. The second-order valence-corrected chi connectivity index (χ2v) is 2.77. The van der Waals surface area contributed by atoms with Gasteiger partial charge in [-0.25, -0.2) is 4.39 Å². The van der Waals surface area contributed by atoms with Crippen LogP contribution in [0.25, 0.3) is 0 Å². The van der Waals surface area contributed by atoms with E-state index in [1.54, 1.807) is 7.11 Å². The molecule has 1 atom stereocenters. The van der Waals surface area contributed by atoms with E-state index in [0.717, 1.165) is 6.20 Å². The van der Waals surface area contributed by atoms with Gasteiger partial charge in [0, 0.05) is 19.7 Å². The average Bonchev–Trinajstić information content (AvgIpc) is 2.17. The molecule has 4 nitrogen and oxygen atoms in total. The first-order valence-corrected chi connectivity index (χ1v) is 4.22. The molecule has 0 aliphatic heterocycles. The maximum atomic E-state index is 12.7. The molecule has 1 rings (SSSR count). The van der Waals surface area contributed by atoms with Crippen LogP contribution in [-0.2, 0) is 4.74 Å². The summed E-state index contributed by atoms with van der Waals surface area (Å²) in [6.07, 6.45) is 2.27. The lowest BCUT2D eigenvalue weighted by Crippen LogP contribution is -2.31. The molecule has 0 spiro atoms. The van der Waals surface area contributed by atoms with Gasteiger partial charge < -0.3 is 15.2 Å². The van der Waals surface area contributed by atoms with Gasteiger partial charge in [0.25, 0.3) is 0 Å². The van der Waals surface area contributed by atoms with Crippen molar-refractivity contribution < 1.29 is 13.9 Å². The number of methoxy groups -OCH3 is 1. The normalized spacial score (nSPS) is 12.5. The number of nitrogens with two attached hydrogens (primary N) is 1. The van der Waals surface area contributed by atoms with Crippen molar-refractivity contribution in [3.05, 3.63) is 24.3 Å². The Morgan fingerprint density at radius 1 is 1.57 bits per heavy atom. The van der Waals surface area contributed by atoms with Crippen LogP contribution >= 0.6 is 0 Å². The van der Waals surface area contributed by atoms with E-state index in [1.165, 1.54) is 12.3 Å². The van der Waals surface area contributed by atoms with Crippen LogP contribution in [0.5, 0.6) is 5.75 Å². The van der Waals surface area contributed by atoms with E-state index in [1.807, 2.05) is 0 Å². The smallest absolute Gasteiger partial charge is 0.145 e. The number of halogens is 1. The third-order valence-corrected chi connectivity index (χ3v) is 1.60. The fourth-order valence-electron chi connectivity index (χ4n) is 0.985. The van der Waals surface area contributed by atoms with Crippen LogP contribution in [0.2, 0.25) is 0 Å². The van der Waals surface area contributed by atoms with Gasteiger partial charge in [-0.05, 0) is 0 Å². The van der Waals surface area contributed by atoms with Gasteiger partial charge in [-0.1, -0.05) is 0 Å². The molecular weight excluding hydrogens is 187 g/mol. The molecule has 0 aliphatic carbocycles. The van der Waals surface area contributed by atoms with Gasteiger partial charge in [0.05, 0.1) is 19.0 Å². The van der Waals surface area contributed by atoms with E-state index in [-0.39, 0.29) is 6.10 Å². The number of pyridine rings is 1. The summed E-state index contributed by atoms with van der Waals surface area (Å²) in [7, 11) is 1.55. The first-order chi connectivity index (χ1) is 6.76. The fourth-order valence-corrected chi connectivity index (χ4v) is 0.985. The summed E-state index contributed by atoms with van der Waals surface area (Å²) in [4.78, 5) is 3.65. The molecule has 0 aliphatic rings. The molecule has 0 aromatic carbocycles. The Morgan fingerprint density at radius 3 is 2.93 bits per heavy atom. The lowest BCUT2D eigenvalue weighted by molar-refractivity contribution is 0.0855. The predicted octanol–water partition coefficient (Wildman–Crippen LogP) is 0.573. The van der Waals surface area contributed by atoms with Crippen LogP contribution < -0.4 is 10.5 Å². The zero-order valence-electron chi connectivity index (χ0n) is 7.94. The van der Waals surface area contributed by atoms with E-state index >= 15 is 0 Å². The van der Waals surface area contributed by atoms with Gasteiger partial charge >= 0.3 is 0 Å². The molecule has 0 amide bonds. The Balaban J connectivity index is 2.57. The first kappa shape index (κ1) is 10.9. The van der Waals surface area contributed by atoms with Crippen LogP contribution in [0.4, 0.5) is 4.39 Å². The molecule has 0 radical (unpaired) electrons. The largest absolute Gasteiger partial charge is 0.485 e. The minimum Gasteiger partial charge on any atom is -0.485 e. The lowest BCUT2D eigenvalue weighted by Gasteiger charge is -2.15. The van der Waals surface area contributed by atoms with Crippen molar-refractivity contribution in [3.8, 4) is 5.75 Å². The highest BCUT2D eigenvalue weighted by atomic mass is 19.1. The highest BCUT2D eigenvalue weighted by Crippen LogP contribution is 2.11. The van der Waals surface area contributed by atoms with Crippen molar-refractivity contribution in [1.29, 1.82) is 0 Å². The predicted molar refractivity (Wildman–Crippen MR) is 49.5 cm³/mol. The Hall–Kier alpha value is -1.20. The number of rotatable bonds is 5. The van der Waals surface area contributed by atoms with Crippen LogP contribution in [-0.4, -0.2) is 31.3 Å². The molecule has 1 aromatic rings. The van der Waals surface area contributed by atoms with E-state index in [4.69, 9.17) is 15.2 Å². The van der Waals surface area contributed by atoms with Crippen LogP contribution in [0.15, 0.2) is 18.5 Å². The number of aromatic nitrogens is 1. The van der Waals surface area contributed by atoms with Crippen LogP contribution in [0.3, 0.4) is 0 Å². The SMILES string of the molecule is COC[C@H](CN)Oc1cncc(F)c1. The van der Waals surface area contributed by atoms with Crippen molar-refractivity contribution in [3.63, 3.8) is 0 Å². The minimum atomic E-state index is -0.435. The molecule has 0 unspecified atom stereocenters. The Kier molecular flexibility index (Phi) is 4.28. The van der Waals surface area contributed by atoms with Gasteiger partial charge in [-0.15, -0.1) is 0 Å². The Bertz CT molecular complexity index is 283. The molecule has 0 saturated heterocycles.